The number of amides is 1. The minimum Gasteiger partial charge on any atom is -0.493 e. The lowest BCUT2D eigenvalue weighted by Gasteiger charge is -2.23. The SMILES string of the molecule is CN(CC=Cc1cccc(OCC2CCCCC2)c1)C(=O)OC(C)(C)C. The van der Waals surface area contributed by atoms with Crippen molar-refractivity contribution in [3.8, 4) is 5.75 Å². The van der Waals surface area contributed by atoms with E-state index in [9.17, 15) is 4.79 Å². The molecule has 0 unspecified atom stereocenters. The van der Waals surface area contributed by atoms with E-state index in [1.165, 1.54) is 32.1 Å². The van der Waals surface area contributed by atoms with Gasteiger partial charge in [0.25, 0.3) is 0 Å². The molecule has 1 aliphatic rings. The van der Waals surface area contributed by atoms with Crippen LogP contribution in [0.3, 0.4) is 0 Å². The molecule has 144 valence electrons. The van der Waals surface area contributed by atoms with Crippen molar-refractivity contribution < 1.29 is 14.3 Å². The number of hydrogen-bond donors (Lipinski definition) is 0. The molecule has 2 rings (SSSR count). The quantitative estimate of drug-likeness (QED) is 0.671. The van der Waals surface area contributed by atoms with Crippen LogP contribution in [-0.4, -0.2) is 36.8 Å². The van der Waals surface area contributed by atoms with Gasteiger partial charge in [-0.2, -0.15) is 0 Å². The molecule has 0 atom stereocenters. The fourth-order valence-corrected chi connectivity index (χ4v) is 3.04. The van der Waals surface area contributed by atoms with Gasteiger partial charge in [0.15, 0.2) is 0 Å². The molecule has 1 fully saturated rings. The van der Waals surface area contributed by atoms with E-state index in [1.807, 2.05) is 57.2 Å². The zero-order valence-corrected chi connectivity index (χ0v) is 16.7. The number of rotatable bonds is 6. The second-order valence-electron chi connectivity index (χ2n) is 8.15. The van der Waals surface area contributed by atoms with Gasteiger partial charge in [0.05, 0.1) is 6.61 Å². The Labute approximate surface area is 158 Å². The van der Waals surface area contributed by atoms with E-state index in [-0.39, 0.29) is 6.09 Å². The summed E-state index contributed by atoms with van der Waals surface area (Å²) >= 11 is 0. The Balaban J connectivity index is 1.81. The van der Waals surface area contributed by atoms with Gasteiger partial charge >= 0.3 is 6.09 Å². The second kappa shape index (κ2) is 9.65. The highest BCUT2D eigenvalue weighted by atomic mass is 16.6. The third-order valence-electron chi connectivity index (χ3n) is 4.46. The van der Waals surface area contributed by atoms with Gasteiger partial charge in [-0.05, 0) is 57.2 Å². The predicted molar refractivity (Wildman–Crippen MR) is 106 cm³/mol. The average Bonchev–Trinajstić information content (AvgIpc) is 2.60. The van der Waals surface area contributed by atoms with Crippen molar-refractivity contribution in [3.63, 3.8) is 0 Å². The van der Waals surface area contributed by atoms with Crippen molar-refractivity contribution in [3.05, 3.63) is 35.9 Å². The van der Waals surface area contributed by atoms with Gasteiger partial charge < -0.3 is 14.4 Å². The van der Waals surface area contributed by atoms with Crippen molar-refractivity contribution in [1.29, 1.82) is 0 Å². The van der Waals surface area contributed by atoms with E-state index in [0.717, 1.165) is 17.9 Å². The molecule has 4 heteroatoms. The minimum absolute atomic E-state index is 0.313. The summed E-state index contributed by atoms with van der Waals surface area (Å²) in [6.07, 6.45) is 10.3. The van der Waals surface area contributed by atoms with Crippen molar-refractivity contribution >= 4 is 12.2 Å². The molecule has 1 aliphatic carbocycles. The van der Waals surface area contributed by atoms with Gasteiger partial charge in [-0.15, -0.1) is 0 Å². The molecule has 0 saturated heterocycles. The standard InChI is InChI=1S/C22H33NO3/c1-22(2,3)26-21(24)23(4)15-9-13-18-12-8-14-20(16-18)25-17-19-10-6-5-7-11-19/h8-9,12-14,16,19H,5-7,10-11,15,17H2,1-4H3. The van der Waals surface area contributed by atoms with Crippen LogP contribution in [0.1, 0.15) is 58.4 Å². The Morgan fingerprint density at radius 1 is 1.23 bits per heavy atom. The Kier molecular flexibility index (Phi) is 7.55. The Morgan fingerprint density at radius 3 is 2.65 bits per heavy atom. The first-order chi connectivity index (χ1) is 12.3. The van der Waals surface area contributed by atoms with E-state index in [2.05, 4.69) is 0 Å². The first kappa shape index (κ1) is 20.3. The number of benzene rings is 1. The van der Waals surface area contributed by atoms with Crippen LogP contribution in [0.15, 0.2) is 30.3 Å². The molecular weight excluding hydrogens is 326 g/mol. The van der Waals surface area contributed by atoms with Crippen LogP contribution in [-0.2, 0) is 4.74 Å². The van der Waals surface area contributed by atoms with Crippen molar-refractivity contribution in [2.24, 2.45) is 5.92 Å². The molecule has 0 aromatic heterocycles. The van der Waals surface area contributed by atoms with Gasteiger partial charge in [-0.25, -0.2) is 4.79 Å². The van der Waals surface area contributed by atoms with Crippen molar-refractivity contribution in [2.45, 2.75) is 58.5 Å². The highest BCUT2D eigenvalue weighted by molar-refractivity contribution is 5.68. The lowest BCUT2D eigenvalue weighted by Crippen LogP contribution is -2.34. The number of likely N-dealkylation sites (N-methyl/N-ethyl adjacent to an activating group) is 1. The molecule has 0 bridgehead atoms. The molecule has 0 radical (unpaired) electrons. The molecule has 26 heavy (non-hydrogen) atoms. The van der Waals surface area contributed by atoms with E-state index < -0.39 is 5.60 Å². The topological polar surface area (TPSA) is 38.8 Å². The number of hydrogen-bond acceptors (Lipinski definition) is 3. The zero-order valence-electron chi connectivity index (χ0n) is 16.7. The Bertz CT molecular complexity index is 598. The Morgan fingerprint density at radius 2 is 1.96 bits per heavy atom. The summed E-state index contributed by atoms with van der Waals surface area (Å²) in [7, 11) is 1.74. The summed E-state index contributed by atoms with van der Waals surface area (Å²) in [6, 6.07) is 8.10. The van der Waals surface area contributed by atoms with Gasteiger partial charge in [0.1, 0.15) is 11.4 Å². The summed E-state index contributed by atoms with van der Waals surface area (Å²) < 4.78 is 11.3. The number of carbonyl (C=O) groups is 1. The first-order valence-electron chi connectivity index (χ1n) is 9.67. The fraction of sp³-hybridized carbons (Fsp3) is 0.591. The smallest absolute Gasteiger partial charge is 0.410 e. The molecule has 0 spiro atoms. The highest BCUT2D eigenvalue weighted by Gasteiger charge is 2.18. The largest absolute Gasteiger partial charge is 0.493 e. The molecule has 1 amide bonds. The Hall–Kier alpha value is -1.97. The van der Waals surface area contributed by atoms with Crippen LogP contribution >= 0.6 is 0 Å². The van der Waals surface area contributed by atoms with E-state index in [0.29, 0.717) is 12.5 Å². The summed E-state index contributed by atoms with van der Waals surface area (Å²) in [6.45, 7) is 6.92. The zero-order chi connectivity index (χ0) is 19.0. The third kappa shape index (κ3) is 7.51. The molecule has 0 aliphatic heterocycles. The van der Waals surface area contributed by atoms with Crippen molar-refractivity contribution in [2.75, 3.05) is 20.2 Å². The van der Waals surface area contributed by atoms with Gasteiger partial charge in [-0.3, -0.25) is 0 Å². The van der Waals surface area contributed by atoms with Crippen LogP contribution in [0.5, 0.6) is 5.75 Å². The fourth-order valence-electron chi connectivity index (χ4n) is 3.04. The lowest BCUT2D eigenvalue weighted by molar-refractivity contribution is 0.0318. The summed E-state index contributed by atoms with van der Waals surface area (Å²) in [5, 5.41) is 0. The van der Waals surface area contributed by atoms with Gasteiger partial charge in [-0.1, -0.05) is 43.5 Å². The molecule has 0 N–H and O–H groups in total. The monoisotopic (exact) mass is 359 g/mol. The van der Waals surface area contributed by atoms with Crippen molar-refractivity contribution in [1.82, 2.24) is 4.90 Å². The van der Waals surface area contributed by atoms with Crippen LogP contribution in [0.25, 0.3) is 6.08 Å². The summed E-state index contributed by atoms with van der Waals surface area (Å²) in [4.78, 5) is 13.5. The number of nitrogens with zero attached hydrogens (tertiary/aromatic N) is 1. The van der Waals surface area contributed by atoms with E-state index >= 15 is 0 Å². The minimum atomic E-state index is -0.473. The maximum atomic E-state index is 11.9. The van der Waals surface area contributed by atoms with Crippen LogP contribution in [0.4, 0.5) is 4.79 Å². The normalized spacial score (nSPS) is 15.8. The number of ether oxygens (including phenoxy) is 2. The van der Waals surface area contributed by atoms with Gasteiger partial charge in [0.2, 0.25) is 0 Å². The lowest BCUT2D eigenvalue weighted by atomic mass is 9.90. The predicted octanol–water partition coefficient (Wildman–Crippen LogP) is 5.53. The van der Waals surface area contributed by atoms with E-state index in [4.69, 9.17) is 9.47 Å². The summed E-state index contributed by atoms with van der Waals surface area (Å²) in [5.41, 5.74) is 0.600. The summed E-state index contributed by atoms with van der Waals surface area (Å²) in [5.74, 6) is 1.61. The van der Waals surface area contributed by atoms with Gasteiger partial charge in [0, 0.05) is 13.6 Å². The van der Waals surface area contributed by atoms with Crippen LogP contribution < -0.4 is 4.74 Å². The molecule has 1 saturated carbocycles. The molecule has 1 aromatic rings. The van der Waals surface area contributed by atoms with E-state index in [1.54, 1.807) is 11.9 Å². The third-order valence-corrected chi connectivity index (χ3v) is 4.46. The maximum absolute atomic E-state index is 11.9. The average molecular weight is 360 g/mol. The number of carbonyl (C=O) groups excluding carboxylic acids is 1. The maximum Gasteiger partial charge on any atom is 0.410 e. The first-order valence-corrected chi connectivity index (χ1v) is 9.67. The molecular formula is C22H33NO3. The molecule has 0 heterocycles. The van der Waals surface area contributed by atoms with Crippen LogP contribution in [0.2, 0.25) is 0 Å². The molecule has 1 aromatic carbocycles. The highest BCUT2D eigenvalue weighted by Crippen LogP contribution is 2.25. The van der Waals surface area contributed by atoms with Crippen LogP contribution in [0, 0.1) is 5.92 Å². The molecule has 4 nitrogen and oxygen atoms in total. The second-order valence-corrected chi connectivity index (χ2v) is 8.15.